The van der Waals surface area contributed by atoms with Crippen molar-refractivity contribution in [3.63, 3.8) is 0 Å². The van der Waals surface area contributed by atoms with Crippen LogP contribution in [0.2, 0.25) is 0 Å². The number of alkyl halides is 4. The van der Waals surface area contributed by atoms with Gasteiger partial charge in [-0.05, 0) is 31.9 Å². The van der Waals surface area contributed by atoms with E-state index >= 15 is 0 Å². The summed E-state index contributed by atoms with van der Waals surface area (Å²) in [5.41, 5.74) is 1.52. The summed E-state index contributed by atoms with van der Waals surface area (Å²) in [6.45, 7) is 5.17. The summed E-state index contributed by atoms with van der Waals surface area (Å²) < 4.78 is 54.4. The molecule has 0 aliphatic rings. The van der Waals surface area contributed by atoms with Crippen LogP contribution in [0.25, 0.3) is 0 Å². The van der Waals surface area contributed by atoms with Gasteiger partial charge in [-0.15, -0.1) is 0 Å². The molecule has 0 spiro atoms. The molecule has 0 fully saturated rings. The van der Waals surface area contributed by atoms with E-state index in [1.165, 1.54) is 0 Å². The third kappa shape index (κ3) is 6.44. The summed E-state index contributed by atoms with van der Waals surface area (Å²) in [6.07, 6.45) is -3.71. The number of rotatable bonds is 7. The predicted octanol–water partition coefficient (Wildman–Crippen LogP) is 3.99. The summed E-state index contributed by atoms with van der Waals surface area (Å²) in [5.74, 6) is -4.11. The van der Waals surface area contributed by atoms with Gasteiger partial charge in [-0.25, -0.2) is 8.78 Å². The highest BCUT2D eigenvalue weighted by molar-refractivity contribution is 5.26. The standard InChI is InChI=1S/C15H21F4NO/c1-14(2,3)20-8-11-6-4-5-7-12(11)9-21-10-15(18,19)13(16)17/h4-7,13,20H,8-10H2,1-3H3. The molecule has 0 aliphatic heterocycles. The maximum absolute atomic E-state index is 12.8. The monoisotopic (exact) mass is 307 g/mol. The van der Waals surface area contributed by atoms with Gasteiger partial charge in [-0.2, -0.15) is 8.78 Å². The zero-order chi connectivity index (χ0) is 16.1. The molecule has 0 aliphatic carbocycles. The molecule has 1 N–H and O–H groups in total. The van der Waals surface area contributed by atoms with Crippen molar-refractivity contribution in [2.24, 2.45) is 0 Å². The van der Waals surface area contributed by atoms with Crippen LogP contribution in [0.15, 0.2) is 24.3 Å². The third-order valence-corrected chi connectivity index (χ3v) is 2.80. The molecule has 0 saturated carbocycles. The van der Waals surface area contributed by atoms with Crippen molar-refractivity contribution >= 4 is 0 Å². The van der Waals surface area contributed by atoms with E-state index in [9.17, 15) is 17.6 Å². The van der Waals surface area contributed by atoms with E-state index in [0.717, 1.165) is 5.56 Å². The van der Waals surface area contributed by atoms with Crippen molar-refractivity contribution < 1.29 is 22.3 Å². The van der Waals surface area contributed by atoms with Gasteiger partial charge in [0.15, 0.2) is 0 Å². The third-order valence-electron chi connectivity index (χ3n) is 2.80. The number of hydrogen-bond acceptors (Lipinski definition) is 2. The molecule has 0 radical (unpaired) electrons. The van der Waals surface area contributed by atoms with Crippen molar-refractivity contribution in [3.05, 3.63) is 35.4 Å². The lowest BCUT2D eigenvalue weighted by molar-refractivity contribution is -0.168. The molecular weight excluding hydrogens is 286 g/mol. The molecule has 1 rings (SSSR count). The van der Waals surface area contributed by atoms with Crippen LogP contribution in [0.4, 0.5) is 17.6 Å². The van der Waals surface area contributed by atoms with Gasteiger partial charge in [0, 0.05) is 12.1 Å². The topological polar surface area (TPSA) is 21.3 Å². The van der Waals surface area contributed by atoms with Crippen LogP contribution in [0.3, 0.4) is 0 Å². The summed E-state index contributed by atoms with van der Waals surface area (Å²) in [5, 5.41) is 3.28. The Morgan fingerprint density at radius 3 is 2.19 bits per heavy atom. The van der Waals surface area contributed by atoms with Gasteiger partial charge >= 0.3 is 12.3 Å². The van der Waals surface area contributed by atoms with E-state index in [1.54, 1.807) is 12.1 Å². The lowest BCUT2D eigenvalue weighted by Crippen LogP contribution is -2.35. The highest BCUT2D eigenvalue weighted by atomic mass is 19.3. The van der Waals surface area contributed by atoms with Crippen LogP contribution < -0.4 is 5.32 Å². The Morgan fingerprint density at radius 2 is 1.67 bits per heavy atom. The van der Waals surface area contributed by atoms with Gasteiger partial charge in [-0.1, -0.05) is 24.3 Å². The molecule has 0 amide bonds. The summed E-state index contributed by atoms with van der Waals surface area (Å²) in [7, 11) is 0. The average molecular weight is 307 g/mol. The first-order chi connectivity index (χ1) is 9.62. The van der Waals surface area contributed by atoms with Crippen LogP contribution >= 0.6 is 0 Å². The van der Waals surface area contributed by atoms with E-state index in [-0.39, 0.29) is 12.1 Å². The number of nitrogens with one attached hydrogen (secondary N) is 1. The minimum Gasteiger partial charge on any atom is -0.370 e. The molecule has 0 bridgehead atoms. The van der Waals surface area contributed by atoms with Gasteiger partial charge in [-0.3, -0.25) is 0 Å². The Labute approximate surface area is 122 Å². The molecule has 0 saturated heterocycles. The van der Waals surface area contributed by atoms with E-state index in [1.807, 2.05) is 32.9 Å². The Kier molecular flexibility index (Phi) is 6.16. The molecule has 0 aromatic heterocycles. The van der Waals surface area contributed by atoms with Crippen molar-refractivity contribution in [3.8, 4) is 0 Å². The Morgan fingerprint density at radius 1 is 1.10 bits per heavy atom. The summed E-state index contributed by atoms with van der Waals surface area (Å²) >= 11 is 0. The molecule has 2 nitrogen and oxygen atoms in total. The van der Waals surface area contributed by atoms with E-state index < -0.39 is 19.0 Å². The van der Waals surface area contributed by atoms with Gasteiger partial charge in [0.2, 0.25) is 0 Å². The highest BCUT2D eigenvalue weighted by Gasteiger charge is 2.40. The fourth-order valence-electron chi connectivity index (χ4n) is 1.59. The second kappa shape index (κ2) is 7.22. The fraction of sp³-hybridized carbons (Fsp3) is 0.600. The largest absolute Gasteiger partial charge is 0.370 e. The molecule has 6 heteroatoms. The average Bonchev–Trinajstić information content (AvgIpc) is 2.36. The minimum absolute atomic E-state index is 0.0866. The molecule has 0 unspecified atom stereocenters. The summed E-state index contributed by atoms with van der Waals surface area (Å²) in [4.78, 5) is 0. The zero-order valence-corrected chi connectivity index (χ0v) is 12.4. The number of ether oxygens (including phenoxy) is 1. The van der Waals surface area contributed by atoms with Gasteiger partial charge in [0.1, 0.15) is 6.61 Å². The van der Waals surface area contributed by atoms with Gasteiger partial charge < -0.3 is 10.1 Å². The fourth-order valence-corrected chi connectivity index (χ4v) is 1.59. The maximum Gasteiger partial charge on any atom is 0.330 e. The predicted molar refractivity (Wildman–Crippen MR) is 73.6 cm³/mol. The van der Waals surface area contributed by atoms with Crippen LogP contribution in [-0.4, -0.2) is 24.5 Å². The van der Waals surface area contributed by atoms with Gasteiger partial charge in [0.25, 0.3) is 0 Å². The number of halogens is 4. The first-order valence-electron chi connectivity index (χ1n) is 6.67. The smallest absolute Gasteiger partial charge is 0.330 e. The van der Waals surface area contributed by atoms with Crippen LogP contribution in [0.5, 0.6) is 0 Å². The first kappa shape index (κ1) is 17.9. The van der Waals surface area contributed by atoms with Crippen LogP contribution in [-0.2, 0) is 17.9 Å². The minimum atomic E-state index is -4.11. The lowest BCUT2D eigenvalue weighted by Gasteiger charge is -2.22. The molecule has 1 aromatic carbocycles. The second-order valence-corrected chi connectivity index (χ2v) is 5.93. The van der Waals surface area contributed by atoms with Crippen LogP contribution in [0, 0.1) is 0 Å². The Balaban J connectivity index is 2.59. The molecule has 21 heavy (non-hydrogen) atoms. The normalized spacial score (nSPS) is 13.0. The van der Waals surface area contributed by atoms with E-state index in [0.29, 0.717) is 12.1 Å². The molecule has 1 aromatic rings. The molecule has 0 atom stereocenters. The Hall–Kier alpha value is -1.14. The maximum atomic E-state index is 12.8. The van der Waals surface area contributed by atoms with Crippen molar-refractivity contribution in [2.75, 3.05) is 6.61 Å². The molecule has 0 heterocycles. The molecule has 120 valence electrons. The first-order valence-corrected chi connectivity index (χ1v) is 6.67. The van der Waals surface area contributed by atoms with E-state index in [4.69, 9.17) is 4.74 Å². The summed E-state index contributed by atoms with van der Waals surface area (Å²) in [6, 6.07) is 7.17. The lowest BCUT2D eigenvalue weighted by atomic mass is 10.1. The van der Waals surface area contributed by atoms with Crippen molar-refractivity contribution in [1.82, 2.24) is 5.32 Å². The van der Waals surface area contributed by atoms with Crippen LogP contribution in [0.1, 0.15) is 31.9 Å². The quantitative estimate of drug-likeness (QED) is 0.769. The number of benzene rings is 1. The highest BCUT2D eigenvalue weighted by Crippen LogP contribution is 2.23. The van der Waals surface area contributed by atoms with Crippen molar-refractivity contribution in [1.29, 1.82) is 0 Å². The van der Waals surface area contributed by atoms with E-state index in [2.05, 4.69) is 5.32 Å². The second-order valence-electron chi connectivity index (χ2n) is 5.93. The number of hydrogen-bond donors (Lipinski definition) is 1. The zero-order valence-electron chi connectivity index (χ0n) is 12.4. The SMILES string of the molecule is CC(C)(C)NCc1ccccc1COCC(F)(F)C(F)F. The van der Waals surface area contributed by atoms with Crippen molar-refractivity contribution in [2.45, 2.75) is 51.8 Å². The molecular formula is C15H21F4NO. The Bertz CT molecular complexity index is 444. The van der Waals surface area contributed by atoms with Gasteiger partial charge in [0.05, 0.1) is 6.61 Å².